The highest BCUT2D eigenvalue weighted by molar-refractivity contribution is 7.13. The van der Waals surface area contributed by atoms with E-state index in [1.54, 1.807) is 12.4 Å². The van der Waals surface area contributed by atoms with Gasteiger partial charge in [0.1, 0.15) is 0 Å². The molecule has 4 rings (SSSR count). The molecule has 0 bridgehead atoms. The maximum Gasteiger partial charge on any atom is 0.439 e. The summed E-state index contributed by atoms with van der Waals surface area (Å²) in [5.41, 5.74) is 2.67. The first-order valence-corrected chi connectivity index (χ1v) is 10.6. The maximum absolute atomic E-state index is 11.9. The molecule has 4 aromatic rings. The zero-order chi connectivity index (χ0) is 22.9. The van der Waals surface area contributed by atoms with Crippen LogP contribution in [-0.4, -0.2) is 43.2 Å². The number of carbonyl (C=O) groups excluding carboxylic acids is 1. The van der Waals surface area contributed by atoms with E-state index in [4.69, 9.17) is 9.68 Å². The van der Waals surface area contributed by atoms with Crippen LogP contribution in [-0.2, 0) is 23.3 Å². The summed E-state index contributed by atoms with van der Waals surface area (Å²) in [5.74, 6) is 0.459. The molecular weight excluding hydrogens is 444 g/mol. The van der Waals surface area contributed by atoms with E-state index >= 15 is 0 Å². The van der Waals surface area contributed by atoms with Crippen molar-refractivity contribution >= 4 is 34.5 Å². The molecule has 0 aliphatic carbocycles. The van der Waals surface area contributed by atoms with Gasteiger partial charge in [-0.2, -0.15) is 0 Å². The van der Waals surface area contributed by atoms with E-state index in [0.29, 0.717) is 22.4 Å². The molecule has 2 aromatic carbocycles. The number of carbonyl (C=O) groups is 1. The Bertz CT molecular complexity index is 1250. The molecule has 0 aliphatic rings. The maximum atomic E-state index is 11.9. The standard InChI is InChI=1S/C21H18N8O3S/c1-29-19(25-27-28-29)18(16-10-6-3-7-11-16)26-31-13-17-14-33-20(23-17)24-21(30)32-22-12-15-8-4-2-5-9-15/h2-12,14H,13H2,1H3,(H,23,24,30). The van der Waals surface area contributed by atoms with Gasteiger partial charge >= 0.3 is 6.09 Å². The fourth-order valence-corrected chi connectivity index (χ4v) is 3.31. The van der Waals surface area contributed by atoms with Crippen molar-refractivity contribution in [1.82, 2.24) is 25.2 Å². The van der Waals surface area contributed by atoms with E-state index in [9.17, 15) is 4.79 Å². The number of tetrazole rings is 1. The van der Waals surface area contributed by atoms with Crippen LogP contribution in [0.1, 0.15) is 22.6 Å². The normalized spacial score (nSPS) is 11.5. The molecule has 0 radical (unpaired) electrons. The van der Waals surface area contributed by atoms with Gasteiger partial charge in [0.2, 0.25) is 5.82 Å². The number of benzene rings is 2. The van der Waals surface area contributed by atoms with Gasteiger partial charge in [-0.3, -0.25) is 10.2 Å². The number of rotatable bonds is 8. The van der Waals surface area contributed by atoms with E-state index in [0.717, 1.165) is 11.1 Å². The first-order chi connectivity index (χ1) is 16.2. The van der Waals surface area contributed by atoms with Crippen LogP contribution in [0.5, 0.6) is 0 Å². The Morgan fingerprint density at radius 3 is 2.64 bits per heavy atom. The van der Waals surface area contributed by atoms with Gasteiger partial charge in [-0.1, -0.05) is 71.0 Å². The number of hydrogen-bond acceptors (Lipinski definition) is 10. The second-order valence-electron chi connectivity index (χ2n) is 6.50. The lowest BCUT2D eigenvalue weighted by molar-refractivity contribution is 0.128. The van der Waals surface area contributed by atoms with E-state index in [2.05, 4.69) is 36.1 Å². The number of thiazole rings is 1. The molecule has 2 heterocycles. The van der Waals surface area contributed by atoms with Gasteiger partial charge in [0.25, 0.3) is 0 Å². The number of nitrogens with zero attached hydrogens (tertiary/aromatic N) is 7. The summed E-state index contributed by atoms with van der Waals surface area (Å²) in [5, 5.41) is 24.0. The van der Waals surface area contributed by atoms with Gasteiger partial charge in [0, 0.05) is 18.0 Å². The Morgan fingerprint density at radius 2 is 1.91 bits per heavy atom. The average molecular weight is 462 g/mol. The van der Waals surface area contributed by atoms with E-state index in [-0.39, 0.29) is 6.61 Å². The van der Waals surface area contributed by atoms with Crippen LogP contribution >= 0.6 is 11.3 Å². The molecule has 0 fully saturated rings. The minimum Gasteiger partial charge on any atom is -0.389 e. The summed E-state index contributed by atoms with van der Waals surface area (Å²) in [6.07, 6.45) is 0.693. The quantitative estimate of drug-likeness (QED) is 0.242. The van der Waals surface area contributed by atoms with Crippen molar-refractivity contribution in [3.63, 3.8) is 0 Å². The largest absolute Gasteiger partial charge is 0.439 e. The third-order valence-corrected chi connectivity index (χ3v) is 4.95. The highest BCUT2D eigenvalue weighted by atomic mass is 32.1. The van der Waals surface area contributed by atoms with Crippen molar-refractivity contribution in [2.45, 2.75) is 6.61 Å². The summed E-state index contributed by atoms with van der Waals surface area (Å²) < 4.78 is 1.51. The van der Waals surface area contributed by atoms with Crippen LogP contribution in [0.4, 0.5) is 9.93 Å². The molecule has 11 nitrogen and oxygen atoms in total. The first kappa shape index (κ1) is 21.8. The van der Waals surface area contributed by atoms with Crippen LogP contribution < -0.4 is 5.32 Å². The molecule has 2 aromatic heterocycles. The summed E-state index contributed by atoms with van der Waals surface area (Å²) in [6.45, 7) is 0.0843. The molecule has 0 unspecified atom stereocenters. The van der Waals surface area contributed by atoms with Crippen molar-refractivity contribution < 1.29 is 14.5 Å². The third kappa shape index (κ3) is 6.04. The fourth-order valence-electron chi connectivity index (χ4n) is 2.63. The molecule has 33 heavy (non-hydrogen) atoms. The predicted octanol–water partition coefficient (Wildman–Crippen LogP) is 3.22. The Balaban J connectivity index is 1.34. The summed E-state index contributed by atoms with van der Waals surface area (Å²) in [4.78, 5) is 26.5. The number of nitrogens with one attached hydrogen (secondary N) is 1. The summed E-state index contributed by atoms with van der Waals surface area (Å²) in [7, 11) is 1.72. The van der Waals surface area contributed by atoms with Gasteiger partial charge in [0.15, 0.2) is 17.5 Å². The average Bonchev–Trinajstić information content (AvgIpc) is 3.46. The number of amides is 1. The predicted molar refractivity (Wildman–Crippen MR) is 122 cm³/mol. The van der Waals surface area contributed by atoms with E-state index in [1.807, 2.05) is 60.7 Å². The van der Waals surface area contributed by atoms with Crippen LogP contribution in [0.3, 0.4) is 0 Å². The minimum atomic E-state index is -0.747. The van der Waals surface area contributed by atoms with Gasteiger partial charge in [-0.15, -0.1) is 16.4 Å². The number of hydrogen-bond donors (Lipinski definition) is 1. The molecule has 12 heteroatoms. The SMILES string of the molecule is Cn1nnnc1C(=NOCc1csc(NC(=O)ON=Cc2ccccc2)n1)c1ccccc1. The molecule has 0 atom stereocenters. The summed E-state index contributed by atoms with van der Waals surface area (Å²) >= 11 is 1.22. The van der Waals surface area contributed by atoms with Crippen LogP contribution in [0.2, 0.25) is 0 Å². The minimum absolute atomic E-state index is 0.0843. The van der Waals surface area contributed by atoms with E-state index < -0.39 is 6.09 Å². The Labute approximate surface area is 192 Å². The van der Waals surface area contributed by atoms with E-state index in [1.165, 1.54) is 22.2 Å². The summed E-state index contributed by atoms with van der Waals surface area (Å²) in [6, 6.07) is 18.7. The van der Waals surface area contributed by atoms with Gasteiger partial charge in [-0.25, -0.2) is 14.5 Å². The first-order valence-electron chi connectivity index (χ1n) is 9.68. The van der Waals surface area contributed by atoms with Gasteiger partial charge in [-0.05, 0) is 16.0 Å². The lowest BCUT2D eigenvalue weighted by Crippen LogP contribution is -2.12. The zero-order valence-electron chi connectivity index (χ0n) is 17.4. The Hall–Kier alpha value is -4.45. The van der Waals surface area contributed by atoms with Crippen molar-refractivity contribution in [3.05, 3.63) is 88.7 Å². The molecule has 1 amide bonds. The van der Waals surface area contributed by atoms with Crippen molar-refractivity contribution in [1.29, 1.82) is 0 Å². The topological polar surface area (TPSA) is 129 Å². The molecule has 1 N–H and O–H groups in total. The Morgan fingerprint density at radius 1 is 1.15 bits per heavy atom. The number of aryl methyl sites for hydroxylation is 1. The fraction of sp³-hybridized carbons (Fsp3) is 0.0952. The number of aromatic nitrogens is 5. The van der Waals surface area contributed by atoms with Crippen molar-refractivity contribution in [2.75, 3.05) is 5.32 Å². The molecule has 0 saturated carbocycles. The monoisotopic (exact) mass is 462 g/mol. The Kier molecular flexibility index (Phi) is 7.08. The number of oxime groups is 2. The molecule has 0 saturated heterocycles. The van der Waals surface area contributed by atoms with Gasteiger partial charge in [0.05, 0.1) is 11.9 Å². The van der Waals surface area contributed by atoms with Crippen molar-refractivity contribution in [2.24, 2.45) is 17.4 Å². The van der Waals surface area contributed by atoms with Crippen molar-refractivity contribution in [3.8, 4) is 0 Å². The lowest BCUT2D eigenvalue weighted by Gasteiger charge is -2.05. The molecule has 166 valence electrons. The molecular formula is C21H18N8O3S. The van der Waals surface area contributed by atoms with Crippen LogP contribution in [0.25, 0.3) is 0 Å². The second-order valence-corrected chi connectivity index (χ2v) is 7.36. The highest BCUT2D eigenvalue weighted by Gasteiger charge is 2.15. The molecule has 0 aliphatic heterocycles. The smallest absolute Gasteiger partial charge is 0.389 e. The van der Waals surface area contributed by atoms with Crippen LogP contribution in [0.15, 0.2) is 76.4 Å². The number of anilines is 1. The third-order valence-electron chi connectivity index (χ3n) is 4.15. The lowest BCUT2D eigenvalue weighted by atomic mass is 10.1. The highest BCUT2D eigenvalue weighted by Crippen LogP contribution is 2.17. The zero-order valence-corrected chi connectivity index (χ0v) is 18.2. The molecule has 0 spiro atoms. The van der Waals surface area contributed by atoms with Gasteiger partial charge < -0.3 is 4.84 Å². The van der Waals surface area contributed by atoms with Crippen LogP contribution in [0, 0.1) is 0 Å². The second kappa shape index (κ2) is 10.7.